The van der Waals surface area contributed by atoms with Gasteiger partial charge in [0.05, 0.1) is 31.9 Å². The Labute approximate surface area is 161 Å². The van der Waals surface area contributed by atoms with E-state index in [0.717, 1.165) is 37.2 Å². The van der Waals surface area contributed by atoms with Crippen molar-refractivity contribution >= 4 is 33.6 Å². The van der Waals surface area contributed by atoms with Gasteiger partial charge in [0.2, 0.25) is 5.91 Å². The van der Waals surface area contributed by atoms with E-state index in [9.17, 15) is 4.79 Å². The van der Waals surface area contributed by atoms with E-state index in [1.165, 1.54) is 20.9 Å². The number of amides is 1. The van der Waals surface area contributed by atoms with Crippen molar-refractivity contribution in [1.82, 2.24) is 9.88 Å². The number of piperazine rings is 1. The van der Waals surface area contributed by atoms with E-state index in [2.05, 4.69) is 52.1 Å². The predicted molar refractivity (Wildman–Crippen MR) is 105 cm³/mol. The Hall–Kier alpha value is -1.37. The Balaban J connectivity index is 1.45. The zero-order chi connectivity index (χ0) is 17.6. The molecule has 0 spiro atoms. The van der Waals surface area contributed by atoms with Gasteiger partial charge < -0.3 is 9.80 Å². The summed E-state index contributed by atoms with van der Waals surface area (Å²) < 4.78 is 1.08. The predicted octanol–water partition coefficient (Wildman–Crippen LogP) is 2.17. The van der Waals surface area contributed by atoms with Crippen LogP contribution >= 0.6 is 27.7 Å². The molecule has 132 valence electrons. The molecule has 1 amide bonds. The number of carbonyl (C=O) groups is 1. The van der Waals surface area contributed by atoms with Gasteiger partial charge >= 0.3 is 0 Å². The third-order valence-corrected chi connectivity index (χ3v) is 6.17. The number of thioether (sulfide) groups is 1. The molecule has 1 aromatic heterocycles. The topological polar surface area (TPSA) is 37.6 Å². The van der Waals surface area contributed by atoms with Gasteiger partial charge in [0.25, 0.3) is 0 Å². The number of rotatable bonds is 5. The minimum absolute atomic E-state index is 0.246. The Morgan fingerprint density at radius 3 is 2.64 bits per heavy atom. The molecule has 1 fully saturated rings. The summed E-state index contributed by atoms with van der Waals surface area (Å²) in [5, 5.41) is 0. The number of carbonyl (C=O) groups excluding carboxylic acids is 1. The van der Waals surface area contributed by atoms with Crippen LogP contribution in [0.3, 0.4) is 0 Å². The number of benzene rings is 1. The molecular formula is C19H23BrN3OS+. The third-order valence-electron chi connectivity index (χ3n) is 4.51. The molecule has 0 atom stereocenters. The standard InChI is InChI=1S/C19H22BrN3OS/c1-15-12-17(20)2-3-18(15)25-14-19(24)23-10-8-22(9-11-23)13-16-4-6-21-7-5-16/h2-7,12H,8-11,13-14H2,1H3/p+1. The molecule has 0 aliphatic carbocycles. The molecule has 1 N–H and O–H groups in total. The van der Waals surface area contributed by atoms with Crippen LogP contribution in [0.25, 0.3) is 0 Å². The van der Waals surface area contributed by atoms with Crippen LogP contribution < -0.4 is 4.90 Å². The molecule has 0 unspecified atom stereocenters. The number of nitrogens with one attached hydrogen (secondary N) is 1. The van der Waals surface area contributed by atoms with Crippen LogP contribution in [0.15, 0.2) is 52.1 Å². The van der Waals surface area contributed by atoms with Crippen LogP contribution in [0, 0.1) is 6.92 Å². The minimum atomic E-state index is 0.246. The van der Waals surface area contributed by atoms with Gasteiger partial charge in [0.1, 0.15) is 6.54 Å². The van der Waals surface area contributed by atoms with E-state index < -0.39 is 0 Å². The lowest BCUT2D eigenvalue weighted by Crippen LogP contribution is -3.13. The second-order valence-corrected chi connectivity index (χ2v) is 8.29. The Bertz CT molecular complexity index is 718. The highest BCUT2D eigenvalue weighted by Crippen LogP contribution is 2.25. The van der Waals surface area contributed by atoms with Crippen LogP contribution in [0.2, 0.25) is 0 Å². The highest BCUT2D eigenvalue weighted by Gasteiger charge is 2.23. The molecule has 0 radical (unpaired) electrons. The number of nitrogens with zero attached hydrogens (tertiary/aromatic N) is 2. The van der Waals surface area contributed by atoms with Gasteiger partial charge in [-0.15, -0.1) is 11.8 Å². The summed E-state index contributed by atoms with van der Waals surface area (Å²) >= 11 is 5.11. The summed E-state index contributed by atoms with van der Waals surface area (Å²) in [6, 6.07) is 10.3. The minimum Gasteiger partial charge on any atom is -0.331 e. The molecule has 6 heteroatoms. The average molecular weight is 421 g/mol. The molecule has 25 heavy (non-hydrogen) atoms. The maximum atomic E-state index is 12.5. The molecule has 3 rings (SSSR count). The van der Waals surface area contributed by atoms with Gasteiger partial charge in [-0.2, -0.15) is 0 Å². The van der Waals surface area contributed by atoms with E-state index >= 15 is 0 Å². The van der Waals surface area contributed by atoms with Crippen molar-refractivity contribution in [3.05, 3.63) is 58.3 Å². The summed E-state index contributed by atoms with van der Waals surface area (Å²) in [5.74, 6) is 0.762. The number of hydrogen-bond donors (Lipinski definition) is 1. The maximum absolute atomic E-state index is 12.5. The fourth-order valence-corrected chi connectivity index (χ4v) is 4.43. The van der Waals surface area contributed by atoms with E-state index in [0.29, 0.717) is 5.75 Å². The second kappa shape index (κ2) is 8.83. The first-order chi connectivity index (χ1) is 12.1. The summed E-state index contributed by atoms with van der Waals surface area (Å²) in [6.07, 6.45) is 3.69. The van der Waals surface area contributed by atoms with Crippen LogP contribution in [-0.4, -0.2) is 47.7 Å². The number of quaternary nitrogens is 1. The lowest BCUT2D eigenvalue weighted by atomic mass is 10.2. The molecule has 2 heterocycles. The van der Waals surface area contributed by atoms with Crippen molar-refractivity contribution in [2.75, 3.05) is 31.9 Å². The van der Waals surface area contributed by atoms with E-state index in [1.54, 1.807) is 11.8 Å². The van der Waals surface area contributed by atoms with E-state index in [4.69, 9.17) is 0 Å². The highest BCUT2D eigenvalue weighted by molar-refractivity contribution is 9.10. The molecule has 1 aliphatic rings. The van der Waals surface area contributed by atoms with Crippen LogP contribution in [0.1, 0.15) is 11.1 Å². The Kier molecular flexibility index (Phi) is 6.51. The molecule has 0 bridgehead atoms. The van der Waals surface area contributed by atoms with Gasteiger partial charge in [0, 0.05) is 27.3 Å². The molecule has 4 nitrogen and oxygen atoms in total. The fourth-order valence-electron chi connectivity index (χ4n) is 3.04. The zero-order valence-corrected chi connectivity index (χ0v) is 16.8. The van der Waals surface area contributed by atoms with Crippen molar-refractivity contribution in [1.29, 1.82) is 0 Å². The van der Waals surface area contributed by atoms with Crippen LogP contribution in [-0.2, 0) is 11.3 Å². The van der Waals surface area contributed by atoms with Crippen LogP contribution in [0.4, 0.5) is 0 Å². The zero-order valence-electron chi connectivity index (χ0n) is 14.4. The average Bonchev–Trinajstić information content (AvgIpc) is 2.62. The SMILES string of the molecule is Cc1cc(Br)ccc1SCC(=O)N1CC[NH+](Cc2ccncc2)CC1. The smallest absolute Gasteiger partial charge is 0.233 e. The van der Waals surface area contributed by atoms with Crippen molar-refractivity contribution in [2.24, 2.45) is 0 Å². The number of pyridine rings is 1. The second-order valence-electron chi connectivity index (χ2n) is 6.36. The lowest BCUT2D eigenvalue weighted by molar-refractivity contribution is -0.917. The van der Waals surface area contributed by atoms with Crippen LogP contribution in [0.5, 0.6) is 0 Å². The largest absolute Gasteiger partial charge is 0.331 e. The summed E-state index contributed by atoms with van der Waals surface area (Å²) in [4.78, 5) is 21.3. The monoisotopic (exact) mass is 420 g/mol. The maximum Gasteiger partial charge on any atom is 0.233 e. The summed E-state index contributed by atoms with van der Waals surface area (Å²) in [5.41, 5.74) is 2.52. The van der Waals surface area contributed by atoms with Crippen molar-refractivity contribution in [3.8, 4) is 0 Å². The molecule has 1 aliphatic heterocycles. The number of aromatic nitrogens is 1. The van der Waals surface area contributed by atoms with Crippen molar-refractivity contribution in [3.63, 3.8) is 0 Å². The molecule has 2 aromatic rings. The van der Waals surface area contributed by atoms with Crippen molar-refractivity contribution < 1.29 is 9.69 Å². The van der Waals surface area contributed by atoms with E-state index in [-0.39, 0.29) is 5.91 Å². The number of halogens is 1. The number of aryl methyl sites for hydroxylation is 1. The van der Waals surface area contributed by atoms with E-state index in [1.807, 2.05) is 23.4 Å². The number of hydrogen-bond acceptors (Lipinski definition) is 3. The molecular weight excluding hydrogens is 398 g/mol. The third kappa shape index (κ3) is 5.30. The first-order valence-electron chi connectivity index (χ1n) is 8.51. The summed E-state index contributed by atoms with van der Waals surface area (Å²) in [7, 11) is 0. The Morgan fingerprint density at radius 2 is 1.96 bits per heavy atom. The molecule has 0 saturated carbocycles. The first-order valence-corrected chi connectivity index (χ1v) is 10.3. The van der Waals surface area contributed by atoms with Gasteiger partial charge in [-0.1, -0.05) is 15.9 Å². The van der Waals surface area contributed by atoms with Gasteiger partial charge in [-0.25, -0.2) is 0 Å². The lowest BCUT2D eigenvalue weighted by Gasteiger charge is -2.32. The van der Waals surface area contributed by atoms with Gasteiger partial charge in [-0.05, 0) is 42.8 Å². The van der Waals surface area contributed by atoms with Gasteiger partial charge in [-0.3, -0.25) is 9.78 Å². The highest BCUT2D eigenvalue weighted by atomic mass is 79.9. The first kappa shape index (κ1) is 18.4. The normalized spacial score (nSPS) is 15.4. The molecule has 1 saturated heterocycles. The summed E-state index contributed by atoms with van der Waals surface area (Å²) in [6.45, 7) is 6.81. The van der Waals surface area contributed by atoms with Crippen molar-refractivity contribution in [2.45, 2.75) is 18.4 Å². The molecule has 1 aromatic carbocycles. The Morgan fingerprint density at radius 1 is 1.24 bits per heavy atom. The fraction of sp³-hybridized carbons (Fsp3) is 0.368. The van der Waals surface area contributed by atoms with Gasteiger partial charge in [0.15, 0.2) is 0 Å². The quantitative estimate of drug-likeness (QED) is 0.753.